The third-order valence-electron chi connectivity index (χ3n) is 5.94. The van der Waals surface area contributed by atoms with E-state index in [0.717, 1.165) is 48.1 Å². The average Bonchev–Trinajstić information content (AvgIpc) is 3.43. The van der Waals surface area contributed by atoms with Crippen LogP contribution in [0.5, 0.6) is 17.4 Å². The topological polar surface area (TPSA) is 75.4 Å². The Kier molecular flexibility index (Phi) is 5.59. The average molecular weight is 452 g/mol. The maximum absolute atomic E-state index is 10.9. The third kappa shape index (κ3) is 3.74. The summed E-state index contributed by atoms with van der Waals surface area (Å²) in [6.45, 7) is 3.49. The SMILES string of the molecule is COc1ccc([C@H](c2sc3ncnn3c2O)N2CCN(c3ccc(OC)cc3)CC2)cc1. The lowest BCUT2D eigenvalue weighted by Gasteiger charge is -2.40. The Balaban J connectivity index is 1.43. The van der Waals surface area contributed by atoms with Gasteiger partial charge in [-0.25, -0.2) is 4.98 Å². The van der Waals surface area contributed by atoms with E-state index in [2.05, 4.69) is 44.1 Å². The zero-order chi connectivity index (χ0) is 22.1. The Morgan fingerprint density at radius 2 is 1.53 bits per heavy atom. The molecule has 4 aromatic rings. The lowest BCUT2D eigenvalue weighted by molar-refractivity contribution is 0.211. The van der Waals surface area contributed by atoms with Crippen LogP contribution in [-0.2, 0) is 0 Å². The highest BCUT2D eigenvalue weighted by Gasteiger charge is 2.31. The van der Waals surface area contributed by atoms with Gasteiger partial charge in [0.2, 0.25) is 10.8 Å². The zero-order valence-corrected chi connectivity index (χ0v) is 18.8. The lowest BCUT2D eigenvalue weighted by atomic mass is 10.0. The van der Waals surface area contributed by atoms with Crippen molar-refractivity contribution in [3.05, 3.63) is 65.3 Å². The molecule has 3 heterocycles. The molecule has 1 atom stereocenters. The Bertz CT molecular complexity index is 1180. The number of fused-ring (bicyclic) bond motifs is 1. The number of methoxy groups -OCH3 is 2. The van der Waals surface area contributed by atoms with Crippen LogP contribution in [0.1, 0.15) is 16.5 Å². The van der Waals surface area contributed by atoms with E-state index in [1.54, 1.807) is 14.2 Å². The standard InChI is InChI=1S/C23H25N5O3S/c1-30-18-7-3-16(4-8-18)20(21-22(29)28-23(32-21)24-15-25-28)27-13-11-26(12-14-27)17-5-9-19(31-2)10-6-17/h3-10,15,20,29H,11-14H2,1-2H3/t20-/m1/s1. The molecule has 0 spiro atoms. The first-order chi connectivity index (χ1) is 15.7. The first-order valence-corrected chi connectivity index (χ1v) is 11.3. The van der Waals surface area contributed by atoms with Gasteiger partial charge in [0, 0.05) is 31.9 Å². The fourth-order valence-corrected chi connectivity index (χ4v) is 5.31. The molecule has 0 amide bonds. The van der Waals surface area contributed by atoms with Crippen molar-refractivity contribution in [1.29, 1.82) is 0 Å². The number of nitrogens with zero attached hydrogens (tertiary/aromatic N) is 5. The molecule has 0 aliphatic carbocycles. The predicted octanol–water partition coefficient (Wildman–Crippen LogP) is 3.43. The van der Waals surface area contributed by atoms with Gasteiger partial charge in [-0.15, -0.1) is 0 Å². The molecule has 2 aromatic heterocycles. The number of hydrogen-bond acceptors (Lipinski definition) is 8. The molecule has 8 nitrogen and oxygen atoms in total. The van der Waals surface area contributed by atoms with E-state index in [-0.39, 0.29) is 11.9 Å². The maximum atomic E-state index is 10.9. The molecule has 0 saturated carbocycles. The number of hydrogen-bond donors (Lipinski definition) is 1. The summed E-state index contributed by atoms with van der Waals surface area (Å²) in [5.41, 5.74) is 2.29. The Hall–Kier alpha value is -3.30. The second kappa shape index (κ2) is 8.68. The number of aromatic nitrogens is 3. The largest absolute Gasteiger partial charge is 0.497 e. The summed E-state index contributed by atoms with van der Waals surface area (Å²) < 4.78 is 12.1. The lowest BCUT2D eigenvalue weighted by Crippen LogP contribution is -2.47. The van der Waals surface area contributed by atoms with Gasteiger partial charge in [0.05, 0.1) is 25.1 Å². The molecule has 2 aromatic carbocycles. The first-order valence-electron chi connectivity index (χ1n) is 10.5. The Morgan fingerprint density at radius 1 is 0.906 bits per heavy atom. The summed E-state index contributed by atoms with van der Waals surface area (Å²) in [7, 11) is 3.34. The summed E-state index contributed by atoms with van der Waals surface area (Å²) in [5.74, 6) is 1.82. The molecule has 1 aliphatic rings. The van der Waals surface area contributed by atoms with Gasteiger partial charge in [0.15, 0.2) is 0 Å². The van der Waals surface area contributed by atoms with Crippen molar-refractivity contribution < 1.29 is 14.6 Å². The van der Waals surface area contributed by atoms with Crippen molar-refractivity contribution in [2.75, 3.05) is 45.3 Å². The van der Waals surface area contributed by atoms with Crippen LogP contribution in [0.2, 0.25) is 0 Å². The minimum Gasteiger partial charge on any atom is -0.497 e. The molecular weight excluding hydrogens is 426 g/mol. The molecule has 32 heavy (non-hydrogen) atoms. The van der Waals surface area contributed by atoms with Crippen LogP contribution in [0.25, 0.3) is 4.96 Å². The van der Waals surface area contributed by atoms with Crippen molar-refractivity contribution in [2.24, 2.45) is 0 Å². The highest BCUT2D eigenvalue weighted by Crippen LogP contribution is 2.40. The van der Waals surface area contributed by atoms with Gasteiger partial charge in [-0.1, -0.05) is 23.5 Å². The van der Waals surface area contributed by atoms with Crippen LogP contribution in [0.3, 0.4) is 0 Å². The van der Waals surface area contributed by atoms with Gasteiger partial charge in [0.1, 0.15) is 17.8 Å². The molecule has 0 unspecified atom stereocenters. The van der Waals surface area contributed by atoms with E-state index in [9.17, 15) is 5.11 Å². The smallest absolute Gasteiger partial charge is 0.230 e. The minimum absolute atomic E-state index is 0.0903. The highest BCUT2D eigenvalue weighted by atomic mass is 32.1. The van der Waals surface area contributed by atoms with E-state index >= 15 is 0 Å². The van der Waals surface area contributed by atoms with Crippen LogP contribution in [-0.4, -0.2) is 65.0 Å². The molecule has 0 bridgehead atoms. The number of thiazole rings is 1. The first kappa shape index (κ1) is 20.6. The van der Waals surface area contributed by atoms with Crippen LogP contribution >= 0.6 is 11.3 Å². The fraction of sp³-hybridized carbons (Fsp3) is 0.304. The molecule has 166 valence electrons. The number of ether oxygens (including phenoxy) is 2. The number of piperazine rings is 1. The van der Waals surface area contributed by atoms with E-state index in [1.165, 1.54) is 27.9 Å². The second-order valence-electron chi connectivity index (χ2n) is 7.64. The van der Waals surface area contributed by atoms with Crippen LogP contribution in [0.4, 0.5) is 5.69 Å². The van der Waals surface area contributed by atoms with E-state index < -0.39 is 0 Å². The van der Waals surface area contributed by atoms with Crippen molar-refractivity contribution in [3.8, 4) is 17.4 Å². The zero-order valence-electron chi connectivity index (χ0n) is 18.0. The number of benzene rings is 2. The molecule has 1 N–H and O–H groups in total. The molecule has 1 fully saturated rings. The number of anilines is 1. The Labute approximate surface area is 190 Å². The third-order valence-corrected chi connectivity index (χ3v) is 7.02. The van der Waals surface area contributed by atoms with Crippen molar-refractivity contribution in [2.45, 2.75) is 6.04 Å². The van der Waals surface area contributed by atoms with Gasteiger partial charge in [-0.05, 0) is 42.0 Å². The molecule has 1 aliphatic heterocycles. The number of aromatic hydroxyl groups is 1. The summed E-state index contributed by atoms with van der Waals surface area (Å²) in [4.78, 5) is 10.6. The highest BCUT2D eigenvalue weighted by molar-refractivity contribution is 7.17. The van der Waals surface area contributed by atoms with Gasteiger partial charge in [-0.3, -0.25) is 4.90 Å². The quantitative estimate of drug-likeness (QED) is 0.481. The van der Waals surface area contributed by atoms with Crippen molar-refractivity contribution >= 4 is 22.0 Å². The van der Waals surface area contributed by atoms with Gasteiger partial charge in [-0.2, -0.15) is 9.61 Å². The van der Waals surface area contributed by atoms with Crippen molar-refractivity contribution in [3.63, 3.8) is 0 Å². The Morgan fingerprint density at radius 3 is 2.12 bits per heavy atom. The molecule has 9 heteroatoms. The molecular formula is C23H25N5O3S. The number of rotatable bonds is 6. The molecule has 1 saturated heterocycles. The summed E-state index contributed by atoms with van der Waals surface area (Å²) in [6.07, 6.45) is 1.46. The second-order valence-corrected chi connectivity index (χ2v) is 8.65. The summed E-state index contributed by atoms with van der Waals surface area (Å²) >= 11 is 1.48. The van der Waals surface area contributed by atoms with Gasteiger partial charge >= 0.3 is 0 Å². The van der Waals surface area contributed by atoms with Crippen molar-refractivity contribution in [1.82, 2.24) is 19.5 Å². The van der Waals surface area contributed by atoms with Crippen LogP contribution < -0.4 is 14.4 Å². The van der Waals surface area contributed by atoms with E-state index in [1.807, 2.05) is 24.3 Å². The molecule has 0 radical (unpaired) electrons. The molecule has 5 rings (SSSR count). The maximum Gasteiger partial charge on any atom is 0.230 e. The summed E-state index contributed by atoms with van der Waals surface area (Å²) in [5, 5.41) is 15.1. The monoisotopic (exact) mass is 451 g/mol. The minimum atomic E-state index is -0.0903. The van der Waals surface area contributed by atoms with E-state index in [0.29, 0.717) is 4.96 Å². The predicted molar refractivity (Wildman–Crippen MR) is 124 cm³/mol. The summed E-state index contributed by atoms with van der Waals surface area (Å²) in [6, 6.07) is 16.1. The van der Waals surface area contributed by atoms with Gasteiger partial charge < -0.3 is 19.5 Å². The van der Waals surface area contributed by atoms with Crippen LogP contribution in [0.15, 0.2) is 54.9 Å². The van der Waals surface area contributed by atoms with Crippen LogP contribution in [0, 0.1) is 0 Å². The van der Waals surface area contributed by atoms with Gasteiger partial charge in [0.25, 0.3) is 0 Å². The fourth-order valence-electron chi connectivity index (χ4n) is 4.22. The van der Waals surface area contributed by atoms with E-state index in [4.69, 9.17) is 9.47 Å². The normalized spacial score (nSPS) is 15.8.